The van der Waals surface area contributed by atoms with Crippen LogP contribution in [-0.4, -0.2) is 11.8 Å². The van der Waals surface area contributed by atoms with Gasteiger partial charge in [-0.3, -0.25) is 9.59 Å². The average Bonchev–Trinajstić information content (AvgIpc) is 3.51. The quantitative estimate of drug-likeness (QED) is 0.347. The summed E-state index contributed by atoms with van der Waals surface area (Å²) in [6, 6.07) is 17.6. The second-order valence-corrected chi connectivity index (χ2v) is 7.01. The smallest absolute Gasteiger partial charge is 0.418 e. The van der Waals surface area contributed by atoms with Crippen LogP contribution < -0.4 is 15.4 Å². The number of hydrogen-bond acceptors (Lipinski definition) is 5. The van der Waals surface area contributed by atoms with E-state index in [0.717, 1.165) is 12.1 Å². The molecule has 2 heterocycles. The SMILES string of the molecule is O=C(Nc1ccc(NC(=O)c2ccc(COc3ccccc3)o2)c(C(F)(F)F)c1)c1ccco1. The Hall–Kier alpha value is -4.47. The number of rotatable bonds is 7. The van der Waals surface area contributed by atoms with Crippen molar-refractivity contribution in [1.82, 2.24) is 0 Å². The van der Waals surface area contributed by atoms with Gasteiger partial charge in [-0.1, -0.05) is 18.2 Å². The number of anilines is 2. The van der Waals surface area contributed by atoms with Crippen molar-refractivity contribution in [2.24, 2.45) is 0 Å². The lowest BCUT2D eigenvalue weighted by Gasteiger charge is -2.15. The minimum Gasteiger partial charge on any atom is -0.486 e. The molecule has 7 nitrogen and oxygen atoms in total. The molecule has 2 aromatic heterocycles. The number of carbonyl (C=O) groups excluding carboxylic acids is 2. The van der Waals surface area contributed by atoms with Gasteiger partial charge in [0.05, 0.1) is 17.5 Å². The van der Waals surface area contributed by atoms with Crippen LogP contribution in [-0.2, 0) is 12.8 Å². The highest BCUT2D eigenvalue weighted by Gasteiger charge is 2.34. The van der Waals surface area contributed by atoms with Crippen molar-refractivity contribution in [3.05, 3.63) is 102 Å². The normalized spacial score (nSPS) is 11.1. The molecule has 0 aliphatic heterocycles. The van der Waals surface area contributed by atoms with Crippen molar-refractivity contribution in [2.75, 3.05) is 10.6 Å². The maximum Gasteiger partial charge on any atom is 0.418 e. The molecule has 174 valence electrons. The Morgan fingerprint density at radius 2 is 1.62 bits per heavy atom. The second-order valence-electron chi connectivity index (χ2n) is 7.01. The summed E-state index contributed by atoms with van der Waals surface area (Å²) in [7, 11) is 0. The molecule has 0 saturated heterocycles. The molecule has 0 radical (unpaired) electrons. The van der Waals surface area contributed by atoms with Crippen LogP contribution in [0.25, 0.3) is 0 Å². The molecule has 0 aliphatic carbocycles. The van der Waals surface area contributed by atoms with Crippen LogP contribution in [0.5, 0.6) is 5.75 Å². The minimum absolute atomic E-state index is 0.0369. The molecule has 0 bridgehead atoms. The van der Waals surface area contributed by atoms with E-state index in [9.17, 15) is 22.8 Å². The molecule has 0 atom stereocenters. The number of furan rings is 2. The number of alkyl halides is 3. The molecule has 34 heavy (non-hydrogen) atoms. The van der Waals surface area contributed by atoms with Gasteiger partial charge in [0.15, 0.2) is 11.5 Å². The Bertz CT molecular complexity index is 1280. The number of para-hydroxylation sites is 1. The largest absolute Gasteiger partial charge is 0.486 e. The summed E-state index contributed by atoms with van der Waals surface area (Å²) in [6.07, 6.45) is -3.53. The van der Waals surface area contributed by atoms with Crippen LogP contribution in [0, 0.1) is 0 Å². The second kappa shape index (κ2) is 9.57. The third-order valence-electron chi connectivity index (χ3n) is 4.59. The van der Waals surface area contributed by atoms with Crippen molar-refractivity contribution >= 4 is 23.2 Å². The van der Waals surface area contributed by atoms with Crippen LogP contribution in [0.2, 0.25) is 0 Å². The van der Waals surface area contributed by atoms with Crippen LogP contribution in [0.4, 0.5) is 24.5 Å². The van der Waals surface area contributed by atoms with E-state index in [1.165, 1.54) is 36.6 Å². The van der Waals surface area contributed by atoms with Crippen LogP contribution >= 0.6 is 0 Å². The molecule has 10 heteroatoms. The average molecular weight is 470 g/mol. The molecular weight excluding hydrogens is 453 g/mol. The molecule has 2 aromatic carbocycles. The Balaban J connectivity index is 1.46. The lowest BCUT2D eigenvalue weighted by Crippen LogP contribution is -2.17. The van der Waals surface area contributed by atoms with Crippen LogP contribution in [0.1, 0.15) is 32.4 Å². The first-order chi connectivity index (χ1) is 16.3. The minimum atomic E-state index is -4.80. The molecule has 0 fully saturated rings. The molecule has 0 unspecified atom stereocenters. The lowest BCUT2D eigenvalue weighted by molar-refractivity contribution is -0.136. The van der Waals surface area contributed by atoms with Gasteiger partial charge in [-0.05, 0) is 54.6 Å². The zero-order valence-corrected chi connectivity index (χ0v) is 17.4. The van der Waals surface area contributed by atoms with Crippen molar-refractivity contribution in [2.45, 2.75) is 12.8 Å². The fourth-order valence-electron chi connectivity index (χ4n) is 3.00. The fourth-order valence-corrected chi connectivity index (χ4v) is 3.00. The summed E-state index contributed by atoms with van der Waals surface area (Å²) in [5.41, 5.74) is -1.76. The Kier molecular flexibility index (Phi) is 6.39. The van der Waals surface area contributed by atoms with Gasteiger partial charge in [-0.15, -0.1) is 0 Å². The van der Waals surface area contributed by atoms with E-state index in [4.69, 9.17) is 13.6 Å². The molecule has 4 aromatic rings. The van der Waals surface area contributed by atoms with E-state index in [1.807, 2.05) is 6.07 Å². The maximum atomic E-state index is 13.6. The summed E-state index contributed by atoms with van der Waals surface area (Å²) in [5.74, 6) is -0.912. The highest BCUT2D eigenvalue weighted by molar-refractivity contribution is 6.04. The summed E-state index contributed by atoms with van der Waals surface area (Å²) < 4.78 is 56.8. The highest BCUT2D eigenvalue weighted by Crippen LogP contribution is 2.37. The van der Waals surface area contributed by atoms with E-state index in [1.54, 1.807) is 24.3 Å². The molecule has 0 saturated carbocycles. The predicted octanol–water partition coefficient (Wildman–Crippen LogP) is 5.98. The summed E-state index contributed by atoms with van der Waals surface area (Å²) >= 11 is 0. The first kappa shape index (κ1) is 22.7. The predicted molar refractivity (Wildman–Crippen MR) is 116 cm³/mol. The summed E-state index contributed by atoms with van der Waals surface area (Å²) in [4.78, 5) is 24.6. The topological polar surface area (TPSA) is 93.7 Å². The lowest BCUT2D eigenvalue weighted by atomic mass is 10.1. The first-order valence-corrected chi connectivity index (χ1v) is 9.93. The van der Waals surface area contributed by atoms with Gasteiger partial charge in [0, 0.05) is 5.69 Å². The highest BCUT2D eigenvalue weighted by atomic mass is 19.4. The number of ether oxygens (including phenoxy) is 1. The molecule has 2 amide bonds. The number of amides is 2. The number of hydrogen-bond donors (Lipinski definition) is 2. The van der Waals surface area contributed by atoms with E-state index in [2.05, 4.69) is 10.6 Å². The zero-order chi connectivity index (χ0) is 24.1. The fraction of sp³-hybridized carbons (Fsp3) is 0.0833. The van der Waals surface area contributed by atoms with Gasteiger partial charge in [0.25, 0.3) is 11.8 Å². The van der Waals surface area contributed by atoms with E-state index in [0.29, 0.717) is 11.5 Å². The van der Waals surface area contributed by atoms with E-state index >= 15 is 0 Å². The molecule has 0 spiro atoms. The van der Waals surface area contributed by atoms with Crippen molar-refractivity contribution < 1.29 is 36.3 Å². The third kappa shape index (κ3) is 5.47. The van der Waals surface area contributed by atoms with Crippen molar-refractivity contribution in [3.8, 4) is 5.75 Å². The van der Waals surface area contributed by atoms with Gasteiger partial charge in [0.1, 0.15) is 18.1 Å². The molecule has 0 aliphatic rings. The number of nitrogens with one attached hydrogen (secondary N) is 2. The van der Waals surface area contributed by atoms with E-state index < -0.39 is 29.2 Å². The Labute approximate surface area is 191 Å². The van der Waals surface area contributed by atoms with Crippen LogP contribution in [0.3, 0.4) is 0 Å². The Morgan fingerprint density at radius 3 is 2.32 bits per heavy atom. The Morgan fingerprint density at radius 1 is 0.853 bits per heavy atom. The maximum absolute atomic E-state index is 13.6. The molecular formula is C24H17F3N2O5. The number of carbonyl (C=O) groups is 2. The summed E-state index contributed by atoms with van der Waals surface area (Å²) in [5, 5.41) is 4.53. The first-order valence-electron chi connectivity index (χ1n) is 9.93. The van der Waals surface area contributed by atoms with Gasteiger partial charge in [-0.2, -0.15) is 13.2 Å². The van der Waals surface area contributed by atoms with Gasteiger partial charge in [-0.25, -0.2) is 0 Å². The third-order valence-corrected chi connectivity index (χ3v) is 4.59. The summed E-state index contributed by atoms with van der Waals surface area (Å²) in [6.45, 7) is 0.0369. The van der Waals surface area contributed by atoms with Gasteiger partial charge in [0.2, 0.25) is 0 Å². The van der Waals surface area contributed by atoms with Crippen molar-refractivity contribution in [1.29, 1.82) is 0 Å². The number of halogens is 3. The number of benzene rings is 2. The standard InChI is InChI=1S/C24H17F3N2O5/c25-24(26,27)18-13-15(28-22(30)20-7-4-12-32-20)8-10-19(18)29-23(31)21-11-9-17(34-21)14-33-16-5-2-1-3-6-16/h1-13H,14H2,(H,28,30)(H,29,31). The monoisotopic (exact) mass is 470 g/mol. The van der Waals surface area contributed by atoms with Gasteiger partial charge < -0.3 is 24.2 Å². The van der Waals surface area contributed by atoms with E-state index in [-0.39, 0.29) is 23.8 Å². The zero-order valence-electron chi connectivity index (χ0n) is 17.4. The van der Waals surface area contributed by atoms with Gasteiger partial charge >= 0.3 is 6.18 Å². The van der Waals surface area contributed by atoms with Crippen LogP contribution in [0.15, 0.2) is 87.9 Å². The molecule has 4 rings (SSSR count). The van der Waals surface area contributed by atoms with Crippen molar-refractivity contribution in [3.63, 3.8) is 0 Å². The molecule has 2 N–H and O–H groups in total.